The first kappa shape index (κ1) is 26.2. The third kappa shape index (κ3) is 4.87. The third-order valence-electron chi connectivity index (χ3n) is 8.86. The zero-order valence-corrected chi connectivity index (χ0v) is 24.6. The Bertz CT molecular complexity index is 2190. The summed E-state index contributed by atoms with van der Waals surface area (Å²) < 4.78 is 0. The summed E-state index contributed by atoms with van der Waals surface area (Å²) in [5, 5.41) is 4.84. The minimum absolute atomic E-state index is 0.562. The van der Waals surface area contributed by atoms with Crippen molar-refractivity contribution < 1.29 is 0 Å². The van der Waals surface area contributed by atoms with E-state index in [1.165, 1.54) is 32.8 Å². The van der Waals surface area contributed by atoms with Crippen molar-refractivity contribution >= 4 is 27.6 Å². The minimum Gasteiger partial charge on any atom is -0.208 e. The molecule has 1 atom stereocenters. The summed E-state index contributed by atoms with van der Waals surface area (Å²) in [7, 11) is 0. The Labute approximate surface area is 257 Å². The topological polar surface area (TPSA) is 38.7 Å². The lowest BCUT2D eigenvalue weighted by atomic mass is 9.84. The van der Waals surface area contributed by atoms with E-state index in [9.17, 15) is 0 Å². The van der Waals surface area contributed by atoms with E-state index in [0.29, 0.717) is 23.4 Å². The predicted molar refractivity (Wildman–Crippen MR) is 183 cm³/mol. The molecule has 1 heterocycles. The maximum absolute atomic E-state index is 5.05. The Morgan fingerprint density at radius 3 is 1.66 bits per heavy atom. The van der Waals surface area contributed by atoms with E-state index in [1.54, 1.807) is 0 Å². The van der Waals surface area contributed by atoms with Crippen molar-refractivity contribution in [1.82, 2.24) is 15.0 Å². The monoisotopic (exact) mass is 565 g/mol. The number of hydrogen-bond donors (Lipinski definition) is 0. The summed E-state index contributed by atoms with van der Waals surface area (Å²) in [6, 6.07) is 45.1. The van der Waals surface area contributed by atoms with E-state index < -0.39 is 0 Å². The second-order valence-electron chi connectivity index (χ2n) is 11.6. The zero-order chi connectivity index (χ0) is 29.5. The molecular weight excluding hydrogens is 534 g/mol. The van der Waals surface area contributed by atoms with Crippen molar-refractivity contribution in [3.05, 3.63) is 145 Å². The first-order valence-corrected chi connectivity index (χ1v) is 15.4. The quantitative estimate of drug-likeness (QED) is 0.208. The molecule has 0 saturated heterocycles. The van der Waals surface area contributed by atoms with Gasteiger partial charge >= 0.3 is 0 Å². The van der Waals surface area contributed by atoms with Gasteiger partial charge in [0.1, 0.15) is 0 Å². The van der Waals surface area contributed by atoms with Crippen LogP contribution >= 0.6 is 0 Å². The molecule has 1 aliphatic carbocycles. The molecular formula is C41H31N3. The first-order chi connectivity index (χ1) is 21.7. The van der Waals surface area contributed by atoms with Crippen LogP contribution in [-0.2, 0) is 0 Å². The second-order valence-corrected chi connectivity index (χ2v) is 11.6. The molecule has 0 fully saturated rings. The van der Waals surface area contributed by atoms with Crippen LogP contribution in [0.2, 0.25) is 0 Å². The molecule has 0 bridgehead atoms. The van der Waals surface area contributed by atoms with Crippen LogP contribution in [0.3, 0.4) is 0 Å². The highest BCUT2D eigenvalue weighted by molar-refractivity contribution is 5.88. The smallest absolute Gasteiger partial charge is 0.164 e. The highest BCUT2D eigenvalue weighted by Gasteiger charge is 2.18. The average Bonchev–Trinajstić information content (AvgIpc) is 3.10. The minimum atomic E-state index is 0.562. The second kappa shape index (κ2) is 11.0. The molecule has 210 valence electrons. The molecule has 0 saturated carbocycles. The van der Waals surface area contributed by atoms with Crippen LogP contribution in [0.5, 0.6) is 0 Å². The van der Waals surface area contributed by atoms with Crippen LogP contribution in [0, 0.1) is 0 Å². The summed E-state index contributed by atoms with van der Waals surface area (Å²) >= 11 is 0. The lowest BCUT2D eigenvalue weighted by molar-refractivity contribution is 0.668. The SMILES string of the molecule is CCC1CC=Cc2cc(-c3nc(-c4ccc(-c5ccc6ccccc6c5)cc4)nc(-c4ccc5ccccc5c4)n3)ccc21. The average molecular weight is 566 g/mol. The molecule has 44 heavy (non-hydrogen) atoms. The van der Waals surface area contributed by atoms with Gasteiger partial charge in [-0.05, 0) is 80.8 Å². The number of aromatic nitrogens is 3. The summed E-state index contributed by atoms with van der Waals surface area (Å²) in [6.45, 7) is 2.26. The number of rotatable bonds is 5. The van der Waals surface area contributed by atoms with Crippen molar-refractivity contribution in [2.75, 3.05) is 0 Å². The first-order valence-electron chi connectivity index (χ1n) is 15.4. The normalized spacial score (nSPS) is 14.2. The Kier molecular flexibility index (Phi) is 6.57. The molecule has 8 rings (SSSR count). The largest absolute Gasteiger partial charge is 0.208 e. The molecule has 0 amide bonds. The van der Waals surface area contributed by atoms with Crippen molar-refractivity contribution in [2.24, 2.45) is 0 Å². The van der Waals surface area contributed by atoms with Gasteiger partial charge in [-0.15, -0.1) is 0 Å². The van der Waals surface area contributed by atoms with Crippen molar-refractivity contribution in [3.8, 4) is 45.3 Å². The number of fused-ring (bicyclic) bond motifs is 3. The van der Waals surface area contributed by atoms with Crippen LogP contribution in [0.1, 0.15) is 36.8 Å². The van der Waals surface area contributed by atoms with E-state index in [1.807, 2.05) is 0 Å². The molecule has 3 nitrogen and oxygen atoms in total. The van der Waals surface area contributed by atoms with E-state index in [4.69, 9.17) is 15.0 Å². The van der Waals surface area contributed by atoms with Crippen molar-refractivity contribution in [3.63, 3.8) is 0 Å². The van der Waals surface area contributed by atoms with Gasteiger partial charge in [0.2, 0.25) is 0 Å². The number of benzene rings is 6. The van der Waals surface area contributed by atoms with Gasteiger partial charge in [-0.25, -0.2) is 15.0 Å². The standard InChI is InChI=1S/C41H31N3/c1-2-27-12-7-13-35-26-37(22-23-38(27)35)41-43-39(42-40(44-41)36-21-17-29-9-4-6-11-33(29)25-36)31-18-14-30(15-19-31)34-20-16-28-8-3-5-10-32(28)24-34/h3-11,13-27H,2,12H2,1H3. The van der Waals surface area contributed by atoms with Crippen LogP contribution < -0.4 is 0 Å². The molecule has 1 aliphatic rings. The highest BCUT2D eigenvalue weighted by Crippen LogP contribution is 2.35. The zero-order valence-electron chi connectivity index (χ0n) is 24.6. The number of allylic oxidation sites excluding steroid dienone is 1. The van der Waals surface area contributed by atoms with Crippen LogP contribution in [0.15, 0.2) is 133 Å². The van der Waals surface area contributed by atoms with E-state index >= 15 is 0 Å². The number of hydrogen-bond acceptors (Lipinski definition) is 3. The fourth-order valence-corrected chi connectivity index (χ4v) is 6.38. The Balaban J connectivity index is 1.23. The molecule has 0 N–H and O–H groups in total. The number of nitrogens with zero attached hydrogens (tertiary/aromatic N) is 3. The van der Waals surface area contributed by atoms with Crippen LogP contribution in [-0.4, -0.2) is 15.0 Å². The lowest BCUT2D eigenvalue weighted by Gasteiger charge is -2.21. The summed E-state index contributed by atoms with van der Waals surface area (Å²) in [5.41, 5.74) is 7.96. The lowest BCUT2D eigenvalue weighted by Crippen LogP contribution is -2.04. The van der Waals surface area contributed by atoms with Gasteiger partial charge in [0.05, 0.1) is 0 Å². The van der Waals surface area contributed by atoms with Gasteiger partial charge in [-0.3, -0.25) is 0 Å². The molecule has 3 heteroatoms. The molecule has 6 aromatic carbocycles. The van der Waals surface area contributed by atoms with Gasteiger partial charge in [0.25, 0.3) is 0 Å². The Morgan fingerprint density at radius 1 is 0.500 bits per heavy atom. The molecule has 0 radical (unpaired) electrons. The van der Waals surface area contributed by atoms with E-state index in [2.05, 4.69) is 146 Å². The maximum Gasteiger partial charge on any atom is 0.164 e. The van der Waals surface area contributed by atoms with Crippen LogP contribution in [0.4, 0.5) is 0 Å². The van der Waals surface area contributed by atoms with Gasteiger partial charge in [-0.1, -0.05) is 128 Å². The van der Waals surface area contributed by atoms with Crippen molar-refractivity contribution in [2.45, 2.75) is 25.7 Å². The predicted octanol–water partition coefficient (Wildman–Crippen LogP) is 10.8. The molecule has 1 unspecified atom stereocenters. The van der Waals surface area contributed by atoms with Crippen molar-refractivity contribution in [1.29, 1.82) is 0 Å². The van der Waals surface area contributed by atoms with E-state index in [-0.39, 0.29) is 0 Å². The summed E-state index contributed by atoms with van der Waals surface area (Å²) in [4.78, 5) is 15.1. The van der Waals surface area contributed by atoms with Crippen LogP contribution in [0.25, 0.3) is 72.9 Å². The highest BCUT2D eigenvalue weighted by atomic mass is 15.0. The molecule has 7 aromatic rings. The summed E-state index contributed by atoms with van der Waals surface area (Å²) in [5.74, 6) is 2.59. The summed E-state index contributed by atoms with van der Waals surface area (Å²) in [6.07, 6.45) is 6.76. The Hall–Kier alpha value is -5.41. The fourth-order valence-electron chi connectivity index (χ4n) is 6.38. The molecule has 0 aliphatic heterocycles. The fraction of sp³-hybridized carbons (Fsp3) is 0.0976. The Morgan fingerprint density at radius 2 is 1.00 bits per heavy atom. The van der Waals surface area contributed by atoms with Gasteiger partial charge < -0.3 is 0 Å². The van der Waals surface area contributed by atoms with E-state index in [0.717, 1.165) is 40.5 Å². The van der Waals surface area contributed by atoms with Gasteiger partial charge in [0, 0.05) is 16.7 Å². The third-order valence-corrected chi connectivity index (χ3v) is 8.86. The molecule has 1 aromatic heterocycles. The van der Waals surface area contributed by atoms with Gasteiger partial charge in [-0.2, -0.15) is 0 Å². The maximum atomic E-state index is 5.05. The molecule has 0 spiro atoms. The van der Waals surface area contributed by atoms with Gasteiger partial charge in [0.15, 0.2) is 17.5 Å².